The number of amides is 2. The molecule has 2 N–H and O–H groups in total. The highest BCUT2D eigenvalue weighted by Crippen LogP contribution is 2.42. The Bertz CT molecular complexity index is 1310. The molecule has 154 valence electrons. The summed E-state index contributed by atoms with van der Waals surface area (Å²) in [5.41, 5.74) is 1.87. The molecule has 31 heavy (non-hydrogen) atoms. The number of nitrogens with zero attached hydrogens (tertiary/aromatic N) is 2. The summed E-state index contributed by atoms with van der Waals surface area (Å²) in [6, 6.07) is 23.6. The van der Waals surface area contributed by atoms with E-state index in [-0.39, 0.29) is 5.91 Å². The van der Waals surface area contributed by atoms with Crippen LogP contribution in [0.3, 0.4) is 0 Å². The quantitative estimate of drug-likeness (QED) is 0.469. The molecule has 5 rings (SSSR count). The fourth-order valence-electron chi connectivity index (χ4n) is 3.67. The summed E-state index contributed by atoms with van der Waals surface area (Å²) in [5, 5.41) is 12.5. The summed E-state index contributed by atoms with van der Waals surface area (Å²) >= 11 is 1.25. The minimum atomic E-state index is -1.28. The Morgan fingerprint density at radius 2 is 1.84 bits per heavy atom. The molecule has 0 spiro atoms. The number of fused-ring (bicyclic) bond motifs is 2. The molecule has 0 saturated carbocycles. The molecule has 0 bridgehead atoms. The van der Waals surface area contributed by atoms with Crippen molar-refractivity contribution in [2.75, 3.05) is 10.6 Å². The smallest absolute Gasteiger partial charge is 0.251 e. The second-order valence-corrected chi connectivity index (χ2v) is 9.04. The number of para-hydroxylation sites is 1. The molecule has 0 saturated heterocycles. The summed E-state index contributed by atoms with van der Waals surface area (Å²) in [5.74, 6) is -0.331. The minimum Gasteiger partial charge on any atom is -0.323 e. The molecule has 3 aromatic carbocycles. The van der Waals surface area contributed by atoms with Crippen LogP contribution in [0.1, 0.15) is 12.5 Å². The van der Waals surface area contributed by atoms with Gasteiger partial charge >= 0.3 is 0 Å². The summed E-state index contributed by atoms with van der Waals surface area (Å²) in [6.45, 7) is 2.21. The number of rotatable bonds is 4. The summed E-state index contributed by atoms with van der Waals surface area (Å²) in [6.07, 6.45) is 1.82. The van der Waals surface area contributed by atoms with Crippen molar-refractivity contribution in [1.29, 1.82) is 0 Å². The minimum absolute atomic E-state index is 0.344. The first kappa shape index (κ1) is 19.4. The number of anilines is 2. The standard InChI is InChI=1S/C24H20N4O2S/c1-24(22(29)25-19-11-4-5-12-20(19)31-24)23(30)26-21-13-14-28(27-21)15-17-9-6-8-16-7-2-3-10-18(16)17/h2-14H,15H2,1H3,(H,25,29)(H,26,27,30). The highest BCUT2D eigenvalue weighted by Gasteiger charge is 2.46. The van der Waals surface area contributed by atoms with Gasteiger partial charge in [0.2, 0.25) is 5.91 Å². The van der Waals surface area contributed by atoms with Crippen LogP contribution in [0.25, 0.3) is 10.8 Å². The second kappa shape index (κ2) is 7.59. The van der Waals surface area contributed by atoms with Crippen LogP contribution in [-0.4, -0.2) is 26.3 Å². The maximum atomic E-state index is 13.0. The lowest BCUT2D eigenvalue weighted by Gasteiger charge is -2.31. The Labute approximate surface area is 183 Å². The van der Waals surface area contributed by atoms with Crippen molar-refractivity contribution >= 4 is 45.9 Å². The van der Waals surface area contributed by atoms with E-state index in [0.29, 0.717) is 12.4 Å². The number of thioether (sulfide) groups is 1. The first-order valence-electron chi connectivity index (χ1n) is 9.94. The lowest BCUT2D eigenvalue weighted by Crippen LogP contribution is -2.49. The van der Waals surface area contributed by atoms with Gasteiger partial charge in [0, 0.05) is 17.2 Å². The SMILES string of the molecule is CC1(C(=O)Nc2ccn(Cc3cccc4ccccc34)n2)Sc2ccccc2NC1=O. The fraction of sp³-hybridized carbons (Fsp3) is 0.125. The van der Waals surface area contributed by atoms with Crippen molar-refractivity contribution in [2.24, 2.45) is 0 Å². The van der Waals surface area contributed by atoms with Crippen molar-refractivity contribution in [3.63, 3.8) is 0 Å². The van der Waals surface area contributed by atoms with Gasteiger partial charge in [0.15, 0.2) is 10.6 Å². The molecule has 1 unspecified atom stereocenters. The van der Waals surface area contributed by atoms with E-state index in [1.807, 2.05) is 48.7 Å². The molecule has 6 nitrogen and oxygen atoms in total. The average Bonchev–Trinajstić information content (AvgIpc) is 3.21. The van der Waals surface area contributed by atoms with E-state index in [2.05, 4.69) is 40.0 Å². The van der Waals surface area contributed by atoms with Crippen molar-refractivity contribution in [1.82, 2.24) is 9.78 Å². The van der Waals surface area contributed by atoms with Crippen molar-refractivity contribution < 1.29 is 9.59 Å². The zero-order valence-electron chi connectivity index (χ0n) is 16.8. The number of carbonyl (C=O) groups excluding carboxylic acids is 2. The molecule has 1 aliphatic rings. The Kier molecular flexibility index (Phi) is 4.75. The molecule has 4 aromatic rings. The van der Waals surface area contributed by atoms with E-state index >= 15 is 0 Å². The van der Waals surface area contributed by atoms with Crippen molar-refractivity contribution in [3.05, 3.63) is 84.6 Å². The molecular formula is C24H20N4O2S. The van der Waals surface area contributed by atoms with Gasteiger partial charge in [-0.25, -0.2) is 0 Å². The van der Waals surface area contributed by atoms with Crippen LogP contribution >= 0.6 is 11.8 Å². The molecule has 1 aliphatic heterocycles. The number of benzene rings is 3. The van der Waals surface area contributed by atoms with Gasteiger partial charge in [-0.2, -0.15) is 5.10 Å². The normalized spacial score (nSPS) is 17.8. The maximum absolute atomic E-state index is 13.0. The van der Waals surface area contributed by atoms with Gasteiger partial charge in [-0.05, 0) is 35.4 Å². The van der Waals surface area contributed by atoms with Crippen LogP contribution in [-0.2, 0) is 16.1 Å². The van der Waals surface area contributed by atoms with Crippen LogP contribution in [0, 0.1) is 0 Å². The van der Waals surface area contributed by atoms with Gasteiger partial charge in [-0.3, -0.25) is 14.3 Å². The van der Waals surface area contributed by atoms with E-state index < -0.39 is 10.7 Å². The van der Waals surface area contributed by atoms with E-state index in [1.54, 1.807) is 17.7 Å². The summed E-state index contributed by atoms with van der Waals surface area (Å²) in [7, 11) is 0. The number of nitrogens with one attached hydrogen (secondary N) is 2. The Morgan fingerprint density at radius 3 is 2.74 bits per heavy atom. The zero-order chi connectivity index (χ0) is 21.4. The van der Waals surface area contributed by atoms with Gasteiger partial charge < -0.3 is 10.6 Å². The van der Waals surface area contributed by atoms with Gasteiger partial charge in [-0.1, -0.05) is 66.4 Å². The van der Waals surface area contributed by atoms with Crippen molar-refractivity contribution in [2.45, 2.75) is 23.1 Å². The van der Waals surface area contributed by atoms with Crippen LogP contribution in [0.4, 0.5) is 11.5 Å². The summed E-state index contributed by atoms with van der Waals surface area (Å²) in [4.78, 5) is 26.5. The number of hydrogen-bond acceptors (Lipinski definition) is 4. The molecule has 0 fully saturated rings. The second-order valence-electron chi connectivity index (χ2n) is 7.58. The lowest BCUT2D eigenvalue weighted by atomic mass is 10.0. The average molecular weight is 429 g/mol. The molecule has 2 amide bonds. The molecule has 1 atom stereocenters. The highest BCUT2D eigenvalue weighted by atomic mass is 32.2. The third-order valence-electron chi connectivity index (χ3n) is 5.41. The topological polar surface area (TPSA) is 76.0 Å². The van der Waals surface area contributed by atoms with E-state index in [4.69, 9.17) is 0 Å². The van der Waals surface area contributed by atoms with Crippen LogP contribution in [0.5, 0.6) is 0 Å². The summed E-state index contributed by atoms with van der Waals surface area (Å²) < 4.78 is 0.497. The molecule has 1 aromatic heterocycles. The van der Waals surface area contributed by atoms with Crippen LogP contribution in [0.15, 0.2) is 83.9 Å². The Hall–Kier alpha value is -3.58. The van der Waals surface area contributed by atoms with Gasteiger partial charge in [0.25, 0.3) is 5.91 Å². The Balaban J connectivity index is 1.34. The zero-order valence-corrected chi connectivity index (χ0v) is 17.6. The first-order valence-corrected chi connectivity index (χ1v) is 10.8. The predicted octanol–water partition coefficient (Wildman–Crippen LogP) is 4.53. The molecule has 0 radical (unpaired) electrons. The van der Waals surface area contributed by atoms with Gasteiger partial charge in [-0.15, -0.1) is 0 Å². The van der Waals surface area contributed by atoms with Crippen LogP contribution in [0.2, 0.25) is 0 Å². The number of hydrogen-bond donors (Lipinski definition) is 2. The van der Waals surface area contributed by atoms with Gasteiger partial charge in [0.05, 0.1) is 12.2 Å². The maximum Gasteiger partial charge on any atom is 0.251 e. The first-order chi connectivity index (χ1) is 15.0. The monoisotopic (exact) mass is 428 g/mol. The molecule has 7 heteroatoms. The third kappa shape index (κ3) is 3.57. The fourth-order valence-corrected chi connectivity index (χ4v) is 4.78. The lowest BCUT2D eigenvalue weighted by molar-refractivity contribution is -0.126. The van der Waals surface area contributed by atoms with Crippen molar-refractivity contribution in [3.8, 4) is 0 Å². The number of aromatic nitrogens is 2. The van der Waals surface area contributed by atoms with E-state index in [1.165, 1.54) is 22.5 Å². The Morgan fingerprint density at radius 1 is 1.06 bits per heavy atom. The van der Waals surface area contributed by atoms with E-state index in [9.17, 15) is 9.59 Å². The highest BCUT2D eigenvalue weighted by molar-refractivity contribution is 8.02. The number of carbonyl (C=O) groups is 2. The van der Waals surface area contributed by atoms with Crippen LogP contribution < -0.4 is 10.6 Å². The predicted molar refractivity (Wildman–Crippen MR) is 123 cm³/mol. The van der Waals surface area contributed by atoms with Gasteiger partial charge in [0.1, 0.15) is 0 Å². The van der Waals surface area contributed by atoms with E-state index in [0.717, 1.165) is 16.1 Å². The molecular weight excluding hydrogens is 408 g/mol. The largest absolute Gasteiger partial charge is 0.323 e. The molecule has 0 aliphatic carbocycles. The third-order valence-corrected chi connectivity index (χ3v) is 6.77. The molecule has 2 heterocycles.